The average molecular weight is 285 g/mol. The van der Waals surface area contributed by atoms with E-state index in [-0.39, 0.29) is 0 Å². The predicted molar refractivity (Wildman–Crippen MR) is 88.6 cm³/mol. The van der Waals surface area contributed by atoms with Crippen molar-refractivity contribution in [1.82, 2.24) is 14.9 Å². The van der Waals surface area contributed by atoms with Crippen molar-refractivity contribution in [3.63, 3.8) is 0 Å². The highest BCUT2D eigenvalue weighted by Gasteiger charge is 2.16. The molecular formula is C18H27N3. The van der Waals surface area contributed by atoms with Crippen molar-refractivity contribution in [3.8, 4) is 0 Å². The molecule has 114 valence electrons. The molecule has 0 fully saturated rings. The third kappa shape index (κ3) is 3.73. The van der Waals surface area contributed by atoms with Crippen LogP contribution in [0.2, 0.25) is 0 Å². The monoisotopic (exact) mass is 285 g/mol. The highest BCUT2D eigenvalue weighted by Crippen LogP contribution is 2.22. The second-order valence-electron chi connectivity index (χ2n) is 6.06. The normalized spacial score (nSPS) is 12.9. The van der Waals surface area contributed by atoms with Gasteiger partial charge in [0, 0.05) is 24.9 Å². The highest BCUT2D eigenvalue weighted by molar-refractivity contribution is 5.32. The molecule has 0 bridgehead atoms. The maximum Gasteiger partial charge on any atom is 0.111 e. The van der Waals surface area contributed by atoms with Gasteiger partial charge in [0.05, 0.1) is 6.04 Å². The number of nitrogens with one attached hydrogen (secondary N) is 1. The zero-order valence-corrected chi connectivity index (χ0v) is 13.9. The van der Waals surface area contributed by atoms with E-state index in [0.717, 1.165) is 18.9 Å². The molecule has 3 heteroatoms. The van der Waals surface area contributed by atoms with Crippen LogP contribution < -0.4 is 5.32 Å². The molecule has 1 unspecified atom stereocenters. The number of imidazole rings is 1. The van der Waals surface area contributed by atoms with Crippen molar-refractivity contribution in [3.05, 3.63) is 53.1 Å². The molecule has 0 radical (unpaired) electrons. The molecule has 0 aliphatic carbocycles. The van der Waals surface area contributed by atoms with Crippen LogP contribution >= 0.6 is 0 Å². The molecule has 3 nitrogen and oxygen atoms in total. The number of hydrogen-bond donors (Lipinski definition) is 1. The van der Waals surface area contributed by atoms with E-state index < -0.39 is 0 Å². The molecule has 0 saturated carbocycles. The maximum absolute atomic E-state index is 4.49. The van der Waals surface area contributed by atoms with Crippen LogP contribution in [-0.4, -0.2) is 16.1 Å². The minimum Gasteiger partial charge on any atom is -0.333 e. The van der Waals surface area contributed by atoms with Gasteiger partial charge < -0.3 is 9.88 Å². The minimum atomic E-state index is 0.322. The average Bonchev–Trinajstić information content (AvgIpc) is 2.86. The maximum atomic E-state index is 4.49. The number of likely N-dealkylation sites (N-methyl/N-ethyl adjacent to an activating group) is 1. The summed E-state index contributed by atoms with van der Waals surface area (Å²) in [6.45, 7) is 12.8. The number of rotatable bonds is 6. The number of benzene rings is 1. The van der Waals surface area contributed by atoms with E-state index in [4.69, 9.17) is 0 Å². The Morgan fingerprint density at radius 2 is 2.00 bits per heavy atom. The fourth-order valence-electron chi connectivity index (χ4n) is 2.91. The Morgan fingerprint density at radius 3 is 2.62 bits per heavy atom. The Kier molecular flexibility index (Phi) is 5.18. The second kappa shape index (κ2) is 6.90. The second-order valence-corrected chi connectivity index (χ2v) is 6.06. The molecule has 1 aromatic heterocycles. The number of hydrogen-bond acceptors (Lipinski definition) is 2. The van der Waals surface area contributed by atoms with Gasteiger partial charge in [-0.25, -0.2) is 4.98 Å². The van der Waals surface area contributed by atoms with E-state index in [9.17, 15) is 0 Å². The quantitative estimate of drug-likeness (QED) is 0.870. The van der Waals surface area contributed by atoms with Crippen molar-refractivity contribution in [2.75, 3.05) is 6.54 Å². The van der Waals surface area contributed by atoms with E-state index in [1.807, 2.05) is 6.20 Å². The third-order valence-corrected chi connectivity index (χ3v) is 3.89. The first-order valence-electron chi connectivity index (χ1n) is 7.84. The third-order valence-electron chi connectivity index (χ3n) is 3.89. The van der Waals surface area contributed by atoms with Gasteiger partial charge in [0.1, 0.15) is 5.82 Å². The SMILES string of the molecule is CCNC(Cn1ccnc1C(C)C)c1ccc(C)cc1C. The van der Waals surface area contributed by atoms with Crippen LogP contribution in [0.3, 0.4) is 0 Å². The molecule has 0 aliphatic heterocycles. The van der Waals surface area contributed by atoms with Crippen molar-refractivity contribution >= 4 is 0 Å². The van der Waals surface area contributed by atoms with Gasteiger partial charge in [-0.05, 0) is 31.5 Å². The summed E-state index contributed by atoms with van der Waals surface area (Å²) in [4.78, 5) is 4.49. The molecule has 0 amide bonds. The van der Waals surface area contributed by atoms with Crippen LogP contribution in [-0.2, 0) is 6.54 Å². The lowest BCUT2D eigenvalue weighted by atomic mass is 9.99. The van der Waals surface area contributed by atoms with Crippen molar-refractivity contribution in [2.45, 2.75) is 53.1 Å². The minimum absolute atomic E-state index is 0.322. The Balaban J connectivity index is 2.28. The van der Waals surface area contributed by atoms with Crippen LogP contribution in [0.5, 0.6) is 0 Å². The first-order valence-corrected chi connectivity index (χ1v) is 7.84. The van der Waals surface area contributed by atoms with Crippen LogP contribution in [0, 0.1) is 13.8 Å². The summed E-state index contributed by atoms with van der Waals surface area (Å²) in [6.07, 6.45) is 3.99. The number of aryl methyl sites for hydroxylation is 2. The zero-order chi connectivity index (χ0) is 15.4. The van der Waals surface area contributed by atoms with Crippen LogP contribution in [0.4, 0.5) is 0 Å². The highest BCUT2D eigenvalue weighted by atomic mass is 15.1. The molecule has 2 rings (SSSR count). The van der Waals surface area contributed by atoms with E-state index in [0.29, 0.717) is 12.0 Å². The van der Waals surface area contributed by atoms with E-state index >= 15 is 0 Å². The van der Waals surface area contributed by atoms with Crippen molar-refractivity contribution < 1.29 is 0 Å². The van der Waals surface area contributed by atoms with E-state index in [2.05, 4.69) is 73.9 Å². The number of aromatic nitrogens is 2. The molecule has 2 aromatic rings. The largest absolute Gasteiger partial charge is 0.333 e. The van der Waals surface area contributed by atoms with Crippen molar-refractivity contribution in [2.24, 2.45) is 0 Å². The summed E-state index contributed by atoms with van der Waals surface area (Å²) < 4.78 is 2.28. The van der Waals surface area contributed by atoms with Crippen LogP contribution in [0.25, 0.3) is 0 Å². The standard InChI is InChI=1S/C18H27N3/c1-6-19-17(16-8-7-14(4)11-15(16)5)12-21-10-9-20-18(21)13(2)3/h7-11,13,17,19H,6,12H2,1-5H3. The van der Waals surface area contributed by atoms with Gasteiger partial charge in [0.25, 0.3) is 0 Å². The molecule has 1 N–H and O–H groups in total. The summed E-state index contributed by atoms with van der Waals surface area (Å²) in [5, 5.41) is 3.62. The first kappa shape index (κ1) is 15.8. The molecule has 0 spiro atoms. The molecule has 1 heterocycles. The lowest BCUT2D eigenvalue weighted by molar-refractivity contribution is 0.458. The topological polar surface area (TPSA) is 29.9 Å². The van der Waals surface area contributed by atoms with Gasteiger partial charge in [-0.1, -0.05) is 44.5 Å². The Bertz CT molecular complexity index is 584. The van der Waals surface area contributed by atoms with Gasteiger partial charge in [-0.2, -0.15) is 0 Å². The van der Waals surface area contributed by atoms with E-state index in [1.54, 1.807) is 0 Å². The smallest absolute Gasteiger partial charge is 0.111 e. The van der Waals surface area contributed by atoms with Crippen LogP contribution in [0.15, 0.2) is 30.6 Å². The molecule has 1 aromatic carbocycles. The lowest BCUT2D eigenvalue weighted by Gasteiger charge is -2.23. The zero-order valence-electron chi connectivity index (χ0n) is 13.9. The van der Waals surface area contributed by atoms with Crippen molar-refractivity contribution in [1.29, 1.82) is 0 Å². The Hall–Kier alpha value is -1.61. The Morgan fingerprint density at radius 1 is 1.24 bits per heavy atom. The summed E-state index contributed by atoms with van der Waals surface area (Å²) in [5.74, 6) is 1.60. The van der Waals surface area contributed by atoms with E-state index in [1.165, 1.54) is 16.7 Å². The Labute approximate surface area is 128 Å². The molecule has 0 aliphatic rings. The first-order chi connectivity index (χ1) is 10.0. The fourth-order valence-corrected chi connectivity index (χ4v) is 2.91. The van der Waals surface area contributed by atoms with Gasteiger partial charge >= 0.3 is 0 Å². The summed E-state index contributed by atoms with van der Waals surface area (Å²) in [6, 6.07) is 7.03. The molecule has 1 atom stereocenters. The van der Waals surface area contributed by atoms with Gasteiger partial charge in [0.2, 0.25) is 0 Å². The summed E-state index contributed by atoms with van der Waals surface area (Å²) >= 11 is 0. The molecule has 0 saturated heterocycles. The van der Waals surface area contributed by atoms with Gasteiger partial charge in [-0.3, -0.25) is 0 Å². The summed E-state index contributed by atoms with van der Waals surface area (Å²) in [5.41, 5.74) is 4.05. The van der Waals surface area contributed by atoms with Gasteiger partial charge in [-0.15, -0.1) is 0 Å². The molecule has 21 heavy (non-hydrogen) atoms. The fraction of sp³-hybridized carbons (Fsp3) is 0.500. The number of nitrogens with zero attached hydrogens (tertiary/aromatic N) is 2. The predicted octanol–water partition coefficient (Wildman–Crippen LogP) is 3.97. The lowest BCUT2D eigenvalue weighted by Crippen LogP contribution is -2.26. The van der Waals surface area contributed by atoms with Gasteiger partial charge in [0.15, 0.2) is 0 Å². The molecular weight excluding hydrogens is 258 g/mol. The summed E-state index contributed by atoms with van der Waals surface area (Å²) in [7, 11) is 0. The van der Waals surface area contributed by atoms with Crippen LogP contribution in [0.1, 0.15) is 55.2 Å².